The minimum atomic E-state index is -0.247. The Morgan fingerprint density at radius 3 is 2.92 bits per heavy atom. The molecule has 1 aliphatic rings. The Bertz CT molecular complexity index is 791. The van der Waals surface area contributed by atoms with Crippen LogP contribution in [0.25, 0.3) is 0 Å². The van der Waals surface area contributed by atoms with Gasteiger partial charge in [0.05, 0.1) is 25.8 Å². The maximum atomic E-state index is 11.5. The molecule has 1 atom stereocenters. The predicted octanol–water partition coefficient (Wildman–Crippen LogP) is 4.60. The van der Waals surface area contributed by atoms with Crippen molar-refractivity contribution in [1.82, 2.24) is 0 Å². The number of esters is 1. The maximum Gasteiger partial charge on any atom is 0.309 e. The number of aryl methyl sites for hydroxylation is 1. The smallest absolute Gasteiger partial charge is 0.309 e. The van der Waals surface area contributed by atoms with Crippen molar-refractivity contribution in [2.24, 2.45) is 0 Å². The number of carbonyl (C=O) groups excluding carboxylic acids is 1. The lowest BCUT2D eigenvalue weighted by Crippen LogP contribution is -2.17. The first-order chi connectivity index (χ1) is 12.6. The van der Waals surface area contributed by atoms with E-state index in [1.54, 1.807) is 0 Å². The number of methoxy groups -OCH3 is 1. The van der Waals surface area contributed by atoms with Gasteiger partial charge in [-0.25, -0.2) is 0 Å². The van der Waals surface area contributed by atoms with E-state index in [9.17, 15) is 4.79 Å². The van der Waals surface area contributed by atoms with Crippen molar-refractivity contribution in [2.75, 3.05) is 25.6 Å². The molecule has 26 heavy (non-hydrogen) atoms. The van der Waals surface area contributed by atoms with Crippen LogP contribution in [0.1, 0.15) is 36.0 Å². The molecule has 0 aromatic heterocycles. The van der Waals surface area contributed by atoms with E-state index >= 15 is 0 Å². The summed E-state index contributed by atoms with van der Waals surface area (Å²) in [7, 11) is 1.40. The second-order valence-corrected chi connectivity index (χ2v) is 7.00. The molecule has 5 heteroatoms. The number of ether oxygens (including phenoxy) is 2. The van der Waals surface area contributed by atoms with Crippen LogP contribution >= 0.6 is 11.6 Å². The Labute approximate surface area is 159 Å². The van der Waals surface area contributed by atoms with Gasteiger partial charge in [0.25, 0.3) is 0 Å². The molecule has 1 heterocycles. The molecule has 1 N–H and O–H groups in total. The zero-order valence-corrected chi connectivity index (χ0v) is 15.9. The molecule has 1 aliphatic heterocycles. The van der Waals surface area contributed by atoms with Crippen molar-refractivity contribution < 1.29 is 14.3 Å². The largest absolute Gasteiger partial charge is 0.491 e. The van der Waals surface area contributed by atoms with Crippen molar-refractivity contribution in [3.05, 3.63) is 58.1 Å². The van der Waals surface area contributed by atoms with Gasteiger partial charge in [0.1, 0.15) is 5.75 Å². The predicted molar refractivity (Wildman–Crippen MR) is 104 cm³/mol. The van der Waals surface area contributed by atoms with Gasteiger partial charge in [-0.1, -0.05) is 37.1 Å². The van der Waals surface area contributed by atoms with E-state index in [0.717, 1.165) is 41.4 Å². The van der Waals surface area contributed by atoms with Crippen LogP contribution in [0.15, 0.2) is 36.4 Å². The number of rotatable bonds is 5. The summed E-state index contributed by atoms with van der Waals surface area (Å²) in [5.74, 6) is 0.806. The molecule has 0 saturated carbocycles. The first-order valence-corrected chi connectivity index (χ1v) is 9.33. The van der Waals surface area contributed by atoms with Gasteiger partial charge in [0.2, 0.25) is 0 Å². The number of carbonyl (C=O) groups is 1. The van der Waals surface area contributed by atoms with E-state index in [4.69, 9.17) is 21.1 Å². The van der Waals surface area contributed by atoms with Crippen LogP contribution in [0.5, 0.6) is 5.75 Å². The van der Waals surface area contributed by atoms with E-state index < -0.39 is 0 Å². The Morgan fingerprint density at radius 2 is 2.15 bits per heavy atom. The Balaban J connectivity index is 1.79. The summed E-state index contributed by atoms with van der Waals surface area (Å²) >= 11 is 6.18. The van der Waals surface area contributed by atoms with Crippen molar-refractivity contribution in [2.45, 2.75) is 32.1 Å². The van der Waals surface area contributed by atoms with E-state index in [1.165, 1.54) is 18.2 Å². The van der Waals surface area contributed by atoms with E-state index in [2.05, 4.69) is 24.4 Å². The molecule has 0 fully saturated rings. The summed E-state index contributed by atoms with van der Waals surface area (Å²) in [6.07, 6.45) is 2.33. The second-order valence-electron chi connectivity index (χ2n) is 6.57. The molecule has 3 rings (SSSR count). The molecule has 138 valence electrons. The summed E-state index contributed by atoms with van der Waals surface area (Å²) in [5, 5.41) is 4.25. The number of hydrogen-bond donors (Lipinski definition) is 1. The molecule has 0 amide bonds. The van der Waals surface area contributed by atoms with Gasteiger partial charge in [-0.3, -0.25) is 4.79 Å². The second kappa shape index (κ2) is 8.45. The molecule has 0 spiro atoms. The van der Waals surface area contributed by atoms with Gasteiger partial charge in [-0.05, 0) is 47.4 Å². The maximum absolute atomic E-state index is 11.5. The third-order valence-corrected chi connectivity index (χ3v) is 4.90. The van der Waals surface area contributed by atoms with Crippen LogP contribution in [0.4, 0.5) is 5.69 Å². The molecular weight excluding hydrogens is 350 g/mol. The van der Waals surface area contributed by atoms with Crippen molar-refractivity contribution >= 4 is 23.3 Å². The molecule has 4 nitrogen and oxygen atoms in total. The molecule has 2 aromatic carbocycles. The highest BCUT2D eigenvalue weighted by Crippen LogP contribution is 2.33. The summed E-state index contributed by atoms with van der Waals surface area (Å²) in [4.78, 5) is 11.5. The third-order valence-electron chi connectivity index (χ3n) is 4.66. The van der Waals surface area contributed by atoms with Gasteiger partial charge in [-0.15, -0.1) is 0 Å². The van der Waals surface area contributed by atoms with Crippen molar-refractivity contribution in [3.8, 4) is 5.75 Å². The Kier molecular flexibility index (Phi) is 6.04. The Hall–Kier alpha value is -2.20. The Morgan fingerprint density at radius 1 is 1.31 bits per heavy atom. The zero-order valence-electron chi connectivity index (χ0n) is 15.2. The van der Waals surface area contributed by atoms with E-state index in [-0.39, 0.29) is 18.3 Å². The fraction of sp³-hybridized carbons (Fsp3) is 0.381. The van der Waals surface area contributed by atoms with Crippen LogP contribution < -0.4 is 10.1 Å². The van der Waals surface area contributed by atoms with Gasteiger partial charge >= 0.3 is 5.97 Å². The molecule has 1 unspecified atom stereocenters. The average Bonchev–Trinajstić information content (AvgIpc) is 2.84. The third kappa shape index (κ3) is 4.31. The zero-order chi connectivity index (χ0) is 18.5. The number of hydrogen-bond acceptors (Lipinski definition) is 4. The van der Waals surface area contributed by atoms with Gasteiger partial charge < -0.3 is 14.8 Å². The van der Waals surface area contributed by atoms with Crippen LogP contribution in [-0.2, 0) is 22.4 Å². The van der Waals surface area contributed by atoms with Gasteiger partial charge in [-0.2, -0.15) is 0 Å². The lowest BCUT2D eigenvalue weighted by atomic mass is 9.92. The van der Waals surface area contributed by atoms with Crippen LogP contribution in [0, 0.1) is 0 Å². The minimum Gasteiger partial charge on any atom is -0.491 e. The SMILES string of the molecule is CCCc1cc(Cl)ccc1C1CNc2cc(CC(=O)OC)ccc2OC1. The van der Waals surface area contributed by atoms with Crippen LogP contribution in [0.2, 0.25) is 5.02 Å². The highest BCUT2D eigenvalue weighted by Gasteiger charge is 2.21. The minimum absolute atomic E-state index is 0.241. The average molecular weight is 374 g/mol. The van der Waals surface area contributed by atoms with Gasteiger partial charge in [0, 0.05) is 17.5 Å². The molecule has 0 aliphatic carbocycles. The van der Waals surface area contributed by atoms with Crippen LogP contribution in [0.3, 0.4) is 0 Å². The molecular formula is C21H24ClNO3. The van der Waals surface area contributed by atoms with E-state index in [0.29, 0.717) is 6.61 Å². The molecule has 0 saturated heterocycles. The number of fused-ring (bicyclic) bond motifs is 1. The molecule has 2 aromatic rings. The fourth-order valence-corrected chi connectivity index (χ4v) is 3.53. The van der Waals surface area contributed by atoms with Crippen LogP contribution in [-0.4, -0.2) is 26.2 Å². The first-order valence-electron chi connectivity index (χ1n) is 8.95. The number of halogens is 1. The molecule has 0 bridgehead atoms. The quantitative estimate of drug-likeness (QED) is 0.778. The summed E-state index contributed by atoms with van der Waals surface area (Å²) in [5.41, 5.74) is 4.39. The monoisotopic (exact) mass is 373 g/mol. The number of nitrogens with one attached hydrogen (secondary N) is 1. The topological polar surface area (TPSA) is 47.6 Å². The lowest BCUT2D eigenvalue weighted by Gasteiger charge is -2.18. The fourth-order valence-electron chi connectivity index (χ4n) is 3.33. The van der Waals surface area contributed by atoms with Crippen molar-refractivity contribution in [3.63, 3.8) is 0 Å². The highest BCUT2D eigenvalue weighted by molar-refractivity contribution is 6.30. The number of anilines is 1. The van der Waals surface area contributed by atoms with Gasteiger partial charge in [0.15, 0.2) is 0 Å². The summed E-state index contributed by atoms with van der Waals surface area (Å²) < 4.78 is 10.8. The molecule has 0 radical (unpaired) electrons. The van der Waals surface area contributed by atoms with E-state index in [1.807, 2.05) is 24.3 Å². The normalized spacial score (nSPS) is 16.0. The summed E-state index contributed by atoms with van der Waals surface area (Å²) in [6, 6.07) is 11.9. The van der Waals surface area contributed by atoms with Crippen molar-refractivity contribution in [1.29, 1.82) is 0 Å². The first kappa shape index (κ1) is 18.6. The highest BCUT2D eigenvalue weighted by atomic mass is 35.5. The standard InChI is InChI=1S/C21H24ClNO3/c1-3-4-15-11-17(22)6-7-18(15)16-12-23-19-9-14(10-21(24)25-2)5-8-20(19)26-13-16/h5-9,11,16,23H,3-4,10,12-13H2,1-2H3. The lowest BCUT2D eigenvalue weighted by molar-refractivity contribution is -0.139. The summed E-state index contributed by atoms with van der Waals surface area (Å²) in [6.45, 7) is 3.55. The number of benzene rings is 2.